The van der Waals surface area contributed by atoms with Gasteiger partial charge < -0.3 is 25.2 Å². The molecule has 1 rings (SSSR count). The van der Waals surface area contributed by atoms with Gasteiger partial charge in [0.2, 0.25) is 5.91 Å². The first-order valence-corrected chi connectivity index (χ1v) is 9.51. The van der Waals surface area contributed by atoms with Crippen LogP contribution in [-0.4, -0.2) is 71.5 Å². The topological polar surface area (TPSA) is 165 Å². The van der Waals surface area contributed by atoms with Crippen molar-refractivity contribution in [3.8, 4) is 0 Å². The first kappa shape index (κ1) is 24.1. The Balaban J connectivity index is 3.02. The third-order valence-electron chi connectivity index (χ3n) is 3.59. The Bertz CT molecular complexity index is 718. The first-order chi connectivity index (χ1) is 13.5. The Morgan fingerprint density at radius 2 is 1.86 bits per heavy atom. The third-order valence-corrected chi connectivity index (χ3v) is 4.43. The number of carbonyl (C=O) groups excluding carboxylic acids is 5. The zero-order valence-corrected chi connectivity index (χ0v) is 16.7. The number of hydrogen-bond acceptors (Lipinski definition) is 9. The minimum absolute atomic E-state index is 0.0500. The molecule has 1 saturated heterocycles. The third kappa shape index (κ3) is 8.77. The van der Waals surface area contributed by atoms with Crippen LogP contribution in [0.15, 0.2) is 12.2 Å². The lowest BCUT2D eigenvalue weighted by Crippen LogP contribution is -2.49. The molecule has 0 unspecified atom stereocenters. The van der Waals surface area contributed by atoms with Crippen LogP contribution >= 0.6 is 11.8 Å². The number of carboxylic acids is 1. The monoisotopic (exact) mass is 430 g/mol. The lowest BCUT2D eigenvalue weighted by Gasteiger charge is -2.31. The van der Waals surface area contributed by atoms with Gasteiger partial charge in [-0.3, -0.25) is 14.4 Å². The molecule has 11 nitrogen and oxygen atoms in total. The van der Waals surface area contributed by atoms with E-state index in [1.807, 2.05) is 0 Å². The lowest BCUT2D eigenvalue weighted by atomic mass is 9.86. The SMILES string of the molecule is CC1(C)COC(=O)C(=O)SCCNC(=O)CCNC(=O)[C@@H]1OC(=O)/C=C/C(=O)O. The molecule has 0 aromatic carbocycles. The fourth-order valence-corrected chi connectivity index (χ4v) is 2.69. The number of rotatable bonds is 3. The van der Waals surface area contributed by atoms with Gasteiger partial charge in [0.1, 0.15) is 6.61 Å². The zero-order valence-electron chi connectivity index (χ0n) is 15.9. The number of ether oxygens (including phenoxy) is 2. The van der Waals surface area contributed by atoms with E-state index in [2.05, 4.69) is 10.6 Å². The van der Waals surface area contributed by atoms with Gasteiger partial charge in [-0.05, 0) is 0 Å². The summed E-state index contributed by atoms with van der Waals surface area (Å²) in [5.41, 5.74) is -1.26. The Morgan fingerprint density at radius 3 is 2.52 bits per heavy atom. The summed E-state index contributed by atoms with van der Waals surface area (Å²) in [5, 5.41) is 12.7. The molecule has 0 aliphatic carbocycles. The van der Waals surface area contributed by atoms with Gasteiger partial charge in [0, 0.05) is 42.8 Å². The molecule has 1 heterocycles. The van der Waals surface area contributed by atoms with Gasteiger partial charge in [-0.2, -0.15) is 0 Å². The highest BCUT2D eigenvalue weighted by Gasteiger charge is 2.40. The van der Waals surface area contributed by atoms with E-state index in [0.717, 1.165) is 0 Å². The highest BCUT2D eigenvalue weighted by molar-refractivity contribution is 8.15. The van der Waals surface area contributed by atoms with Crippen molar-refractivity contribution >= 4 is 46.6 Å². The van der Waals surface area contributed by atoms with Crippen LogP contribution in [0.5, 0.6) is 0 Å². The van der Waals surface area contributed by atoms with Crippen LogP contribution in [0.4, 0.5) is 0 Å². The van der Waals surface area contributed by atoms with E-state index in [0.29, 0.717) is 23.9 Å². The van der Waals surface area contributed by atoms with E-state index in [1.165, 1.54) is 13.8 Å². The number of thioether (sulfide) groups is 1. The van der Waals surface area contributed by atoms with Gasteiger partial charge in [0.25, 0.3) is 11.0 Å². The number of hydrogen-bond donors (Lipinski definition) is 3. The van der Waals surface area contributed by atoms with E-state index < -0.39 is 47.1 Å². The smallest absolute Gasteiger partial charge is 0.385 e. The van der Waals surface area contributed by atoms with Crippen molar-refractivity contribution in [3.05, 3.63) is 12.2 Å². The molecule has 0 spiro atoms. The van der Waals surface area contributed by atoms with Crippen LogP contribution < -0.4 is 10.6 Å². The maximum absolute atomic E-state index is 12.5. The molecular weight excluding hydrogens is 408 g/mol. The summed E-state index contributed by atoms with van der Waals surface area (Å²) in [5.74, 6) is -4.61. The van der Waals surface area contributed by atoms with Crippen molar-refractivity contribution in [3.63, 3.8) is 0 Å². The fraction of sp³-hybridized carbons (Fsp3) is 0.529. The molecule has 0 aromatic rings. The van der Waals surface area contributed by atoms with Crippen LogP contribution in [0.1, 0.15) is 20.3 Å². The largest absolute Gasteiger partial charge is 0.478 e. The number of esters is 2. The molecule has 3 N–H and O–H groups in total. The second kappa shape index (κ2) is 11.2. The Labute approximate surface area is 170 Å². The summed E-state index contributed by atoms with van der Waals surface area (Å²) in [6, 6.07) is 0. The fourth-order valence-electron chi connectivity index (χ4n) is 2.12. The van der Waals surface area contributed by atoms with Crippen LogP contribution in [0.2, 0.25) is 0 Å². The molecule has 1 aliphatic rings. The number of nitrogens with one attached hydrogen (secondary N) is 2. The highest BCUT2D eigenvalue weighted by Crippen LogP contribution is 2.25. The van der Waals surface area contributed by atoms with Crippen molar-refractivity contribution < 1.29 is 43.3 Å². The molecule has 2 amide bonds. The molecule has 0 radical (unpaired) electrons. The molecule has 1 aliphatic heterocycles. The minimum Gasteiger partial charge on any atom is -0.478 e. The van der Waals surface area contributed by atoms with Crippen molar-refractivity contribution in [2.45, 2.75) is 26.4 Å². The molecule has 12 heteroatoms. The van der Waals surface area contributed by atoms with Crippen LogP contribution in [0.3, 0.4) is 0 Å². The van der Waals surface area contributed by atoms with Crippen molar-refractivity contribution in [2.24, 2.45) is 5.41 Å². The van der Waals surface area contributed by atoms with E-state index >= 15 is 0 Å². The maximum Gasteiger partial charge on any atom is 0.385 e. The van der Waals surface area contributed by atoms with Crippen LogP contribution in [0, 0.1) is 5.41 Å². The number of cyclic esters (lactones) is 1. The molecule has 29 heavy (non-hydrogen) atoms. The number of aliphatic carboxylic acids is 1. The van der Waals surface area contributed by atoms with E-state index in [9.17, 15) is 28.8 Å². The lowest BCUT2D eigenvalue weighted by molar-refractivity contribution is -0.166. The average Bonchev–Trinajstić information content (AvgIpc) is 2.64. The van der Waals surface area contributed by atoms with Gasteiger partial charge >= 0.3 is 17.9 Å². The minimum atomic E-state index is -1.49. The molecule has 0 aromatic heterocycles. The normalized spacial score (nSPS) is 21.9. The van der Waals surface area contributed by atoms with Crippen molar-refractivity contribution in [1.29, 1.82) is 0 Å². The highest BCUT2D eigenvalue weighted by atomic mass is 32.2. The summed E-state index contributed by atoms with van der Waals surface area (Å²) in [7, 11) is 0. The van der Waals surface area contributed by atoms with Crippen molar-refractivity contribution in [1.82, 2.24) is 10.6 Å². The van der Waals surface area contributed by atoms with Gasteiger partial charge in [0.05, 0.1) is 0 Å². The average molecular weight is 430 g/mol. The Morgan fingerprint density at radius 1 is 1.17 bits per heavy atom. The molecule has 1 atom stereocenters. The summed E-state index contributed by atoms with van der Waals surface area (Å²) >= 11 is 0.679. The Kier molecular flexibility index (Phi) is 9.32. The summed E-state index contributed by atoms with van der Waals surface area (Å²) < 4.78 is 10.0. The number of carbonyl (C=O) groups is 6. The van der Waals surface area contributed by atoms with E-state index in [1.54, 1.807) is 0 Å². The Hall–Kier alpha value is -2.89. The molecular formula is C17H22N2O9S. The standard InChI is InChI=1S/C17H22N2O9S/c1-17(2)9-27-15(25)16(26)29-8-7-18-10(20)5-6-19-14(24)13(17)28-12(23)4-3-11(21)22/h3-4,13H,5-9H2,1-2H3,(H,18,20)(H,19,24)(H,21,22)/b4-3+/t13-/m0/s1. The van der Waals surface area contributed by atoms with Gasteiger partial charge in [-0.15, -0.1) is 0 Å². The van der Waals surface area contributed by atoms with Crippen LogP contribution in [0.25, 0.3) is 0 Å². The van der Waals surface area contributed by atoms with E-state index in [4.69, 9.17) is 14.6 Å². The number of carboxylic acid groups (broad SMARTS) is 1. The quantitative estimate of drug-likeness (QED) is 0.287. The summed E-state index contributed by atoms with van der Waals surface area (Å²) in [6.07, 6.45) is -0.377. The second-order valence-electron chi connectivity index (χ2n) is 6.58. The molecule has 160 valence electrons. The predicted molar refractivity (Wildman–Crippen MR) is 99.5 cm³/mol. The zero-order chi connectivity index (χ0) is 22.0. The van der Waals surface area contributed by atoms with Gasteiger partial charge in [-0.1, -0.05) is 25.6 Å². The second-order valence-corrected chi connectivity index (χ2v) is 7.65. The van der Waals surface area contributed by atoms with Crippen LogP contribution in [-0.2, 0) is 38.2 Å². The molecule has 1 fully saturated rings. The van der Waals surface area contributed by atoms with Crippen molar-refractivity contribution in [2.75, 3.05) is 25.4 Å². The van der Waals surface area contributed by atoms with Gasteiger partial charge in [-0.25, -0.2) is 14.4 Å². The molecule has 0 saturated carbocycles. The van der Waals surface area contributed by atoms with Gasteiger partial charge in [0.15, 0.2) is 6.10 Å². The summed E-state index contributed by atoms with van der Waals surface area (Å²) in [4.78, 5) is 70.2. The first-order valence-electron chi connectivity index (χ1n) is 8.53. The van der Waals surface area contributed by atoms with E-state index in [-0.39, 0.29) is 31.2 Å². The molecule has 0 bridgehead atoms. The predicted octanol–water partition coefficient (Wildman–Crippen LogP) is -0.996. The maximum atomic E-state index is 12.5. The summed E-state index contributed by atoms with van der Waals surface area (Å²) in [6.45, 7) is 2.59. The number of amides is 2.